The Bertz CT molecular complexity index is 642. The smallest absolute Gasteiger partial charge is 0.304 e. The Kier molecular flexibility index (Phi) is 4.56. The SMILES string of the molecule is NCC(=O)NCc1ccc(CN2CC(=O)NS2(=O)=O)cc1. The van der Waals surface area contributed by atoms with Gasteiger partial charge in [0, 0.05) is 13.1 Å². The first-order chi connectivity index (χ1) is 9.90. The number of carbonyl (C=O) groups is 2. The largest absolute Gasteiger partial charge is 0.351 e. The molecule has 0 aromatic heterocycles. The molecule has 1 aromatic rings. The summed E-state index contributed by atoms with van der Waals surface area (Å²) in [4.78, 5) is 22.1. The molecule has 0 saturated carbocycles. The van der Waals surface area contributed by atoms with E-state index in [1.165, 1.54) is 0 Å². The zero-order chi connectivity index (χ0) is 15.5. The number of hydrogen-bond donors (Lipinski definition) is 3. The van der Waals surface area contributed by atoms with E-state index >= 15 is 0 Å². The summed E-state index contributed by atoms with van der Waals surface area (Å²) in [6.07, 6.45) is 0. The molecule has 1 heterocycles. The van der Waals surface area contributed by atoms with Crippen molar-refractivity contribution in [3.05, 3.63) is 35.4 Å². The van der Waals surface area contributed by atoms with Crippen LogP contribution in [0.15, 0.2) is 24.3 Å². The van der Waals surface area contributed by atoms with Gasteiger partial charge in [-0.15, -0.1) is 0 Å². The fourth-order valence-electron chi connectivity index (χ4n) is 1.87. The first kappa shape index (κ1) is 15.4. The number of nitrogens with one attached hydrogen (secondary N) is 2. The van der Waals surface area contributed by atoms with Crippen LogP contribution in [-0.2, 0) is 32.9 Å². The fourth-order valence-corrected chi connectivity index (χ4v) is 2.95. The number of nitrogens with zero attached hydrogens (tertiary/aromatic N) is 1. The van der Waals surface area contributed by atoms with E-state index in [0.29, 0.717) is 6.54 Å². The molecule has 9 heteroatoms. The molecule has 1 aromatic carbocycles. The summed E-state index contributed by atoms with van der Waals surface area (Å²) in [5.74, 6) is -0.775. The number of amides is 2. The van der Waals surface area contributed by atoms with Crippen LogP contribution in [0.5, 0.6) is 0 Å². The highest BCUT2D eigenvalue weighted by Crippen LogP contribution is 2.13. The molecule has 21 heavy (non-hydrogen) atoms. The lowest BCUT2D eigenvalue weighted by molar-refractivity contribution is -0.120. The highest BCUT2D eigenvalue weighted by Gasteiger charge is 2.33. The second-order valence-electron chi connectivity index (χ2n) is 4.60. The first-order valence-electron chi connectivity index (χ1n) is 6.26. The lowest BCUT2D eigenvalue weighted by atomic mass is 10.1. The quantitative estimate of drug-likeness (QED) is 0.607. The van der Waals surface area contributed by atoms with E-state index in [1.807, 2.05) is 4.72 Å². The molecule has 8 nitrogen and oxygen atoms in total. The predicted molar refractivity (Wildman–Crippen MR) is 74.8 cm³/mol. The Labute approximate surface area is 122 Å². The Balaban J connectivity index is 1.97. The molecule has 0 atom stereocenters. The third-order valence-electron chi connectivity index (χ3n) is 2.96. The van der Waals surface area contributed by atoms with E-state index in [9.17, 15) is 18.0 Å². The van der Waals surface area contributed by atoms with Gasteiger partial charge in [-0.1, -0.05) is 24.3 Å². The summed E-state index contributed by atoms with van der Waals surface area (Å²) < 4.78 is 26.2. The van der Waals surface area contributed by atoms with Crippen molar-refractivity contribution in [3.8, 4) is 0 Å². The highest BCUT2D eigenvalue weighted by atomic mass is 32.2. The topological polar surface area (TPSA) is 122 Å². The molecule has 4 N–H and O–H groups in total. The maximum atomic E-state index is 11.6. The zero-order valence-electron chi connectivity index (χ0n) is 11.2. The summed E-state index contributed by atoms with van der Waals surface area (Å²) in [5, 5.41) is 2.64. The Morgan fingerprint density at radius 1 is 1.29 bits per heavy atom. The van der Waals surface area contributed by atoms with Crippen LogP contribution < -0.4 is 15.8 Å². The molecule has 2 rings (SSSR count). The summed E-state index contributed by atoms with van der Waals surface area (Å²) in [5.41, 5.74) is 6.81. The molecule has 1 fully saturated rings. The van der Waals surface area contributed by atoms with Gasteiger partial charge in [-0.25, -0.2) is 4.72 Å². The minimum atomic E-state index is -3.71. The standard InChI is InChI=1S/C12H16N4O4S/c13-5-11(17)14-6-9-1-3-10(4-2-9)7-16-8-12(18)15-21(16,19)20/h1-4H,5-8,13H2,(H,14,17)(H,15,18). The molecule has 0 aliphatic carbocycles. The molecule has 0 bridgehead atoms. The Morgan fingerprint density at radius 2 is 1.90 bits per heavy atom. The third kappa shape index (κ3) is 4.00. The average molecular weight is 312 g/mol. The van der Waals surface area contributed by atoms with Crippen molar-refractivity contribution in [1.82, 2.24) is 14.3 Å². The Morgan fingerprint density at radius 3 is 2.43 bits per heavy atom. The monoisotopic (exact) mass is 312 g/mol. The molecule has 0 unspecified atom stereocenters. The molecular formula is C12H16N4O4S. The second kappa shape index (κ2) is 6.20. The molecule has 114 valence electrons. The molecule has 1 aliphatic rings. The van der Waals surface area contributed by atoms with Crippen molar-refractivity contribution >= 4 is 22.0 Å². The summed E-state index contributed by atoms with van der Waals surface area (Å²) >= 11 is 0. The van der Waals surface area contributed by atoms with Gasteiger partial charge in [0.2, 0.25) is 11.8 Å². The maximum Gasteiger partial charge on any atom is 0.304 e. The van der Waals surface area contributed by atoms with Crippen molar-refractivity contribution < 1.29 is 18.0 Å². The van der Waals surface area contributed by atoms with Gasteiger partial charge in [-0.3, -0.25) is 9.59 Å². The van der Waals surface area contributed by atoms with Crippen LogP contribution in [0.4, 0.5) is 0 Å². The second-order valence-corrected chi connectivity index (χ2v) is 6.27. The van der Waals surface area contributed by atoms with Crippen LogP contribution in [0.2, 0.25) is 0 Å². The maximum absolute atomic E-state index is 11.6. The highest BCUT2D eigenvalue weighted by molar-refractivity contribution is 7.88. The molecule has 0 spiro atoms. The number of hydrogen-bond acceptors (Lipinski definition) is 5. The van der Waals surface area contributed by atoms with Crippen molar-refractivity contribution in [3.63, 3.8) is 0 Å². The van der Waals surface area contributed by atoms with Gasteiger partial charge in [-0.05, 0) is 11.1 Å². The minimum Gasteiger partial charge on any atom is -0.351 e. The van der Waals surface area contributed by atoms with Crippen LogP contribution in [0.25, 0.3) is 0 Å². The lowest BCUT2D eigenvalue weighted by Gasteiger charge is -2.12. The lowest BCUT2D eigenvalue weighted by Crippen LogP contribution is -2.30. The van der Waals surface area contributed by atoms with E-state index in [2.05, 4.69) is 5.32 Å². The third-order valence-corrected chi connectivity index (χ3v) is 4.38. The molecule has 0 radical (unpaired) electrons. The van der Waals surface area contributed by atoms with Crippen molar-refractivity contribution in [2.75, 3.05) is 13.1 Å². The van der Waals surface area contributed by atoms with E-state index in [-0.39, 0.29) is 25.5 Å². The van der Waals surface area contributed by atoms with Gasteiger partial charge in [-0.2, -0.15) is 12.7 Å². The van der Waals surface area contributed by atoms with Crippen molar-refractivity contribution in [1.29, 1.82) is 0 Å². The van der Waals surface area contributed by atoms with E-state index in [0.717, 1.165) is 15.4 Å². The molecule has 1 aliphatic heterocycles. The number of nitrogens with two attached hydrogens (primary N) is 1. The van der Waals surface area contributed by atoms with Crippen LogP contribution in [0.1, 0.15) is 11.1 Å². The van der Waals surface area contributed by atoms with Gasteiger partial charge in [0.25, 0.3) is 0 Å². The number of carbonyl (C=O) groups excluding carboxylic acids is 2. The van der Waals surface area contributed by atoms with E-state index in [4.69, 9.17) is 5.73 Å². The van der Waals surface area contributed by atoms with Crippen LogP contribution in [0, 0.1) is 0 Å². The zero-order valence-corrected chi connectivity index (χ0v) is 12.0. The molecule has 1 saturated heterocycles. The van der Waals surface area contributed by atoms with Crippen molar-refractivity contribution in [2.24, 2.45) is 5.73 Å². The average Bonchev–Trinajstić information content (AvgIpc) is 2.70. The summed E-state index contributed by atoms with van der Waals surface area (Å²) in [6, 6.07) is 7.07. The van der Waals surface area contributed by atoms with Gasteiger partial charge in [0.1, 0.15) is 0 Å². The van der Waals surface area contributed by atoms with Gasteiger partial charge < -0.3 is 11.1 Å². The minimum absolute atomic E-state index is 0.0636. The summed E-state index contributed by atoms with van der Waals surface area (Å²) in [7, 11) is -3.71. The van der Waals surface area contributed by atoms with Gasteiger partial charge >= 0.3 is 10.2 Å². The van der Waals surface area contributed by atoms with Crippen LogP contribution in [-0.4, -0.2) is 37.6 Å². The molecule has 2 amide bonds. The summed E-state index contributed by atoms with van der Waals surface area (Å²) in [6.45, 7) is 0.247. The molecular weight excluding hydrogens is 296 g/mol. The Hall–Kier alpha value is -1.97. The van der Waals surface area contributed by atoms with Crippen LogP contribution in [0.3, 0.4) is 0 Å². The first-order valence-corrected chi connectivity index (χ1v) is 7.70. The number of benzene rings is 1. The van der Waals surface area contributed by atoms with Gasteiger partial charge in [0.05, 0.1) is 13.1 Å². The fraction of sp³-hybridized carbons (Fsp3) is 0.333. The number of rotatable bonds is 5. The van der Waals surface area contributed by atoms with E-state index < -0.39 is 16.1 Å². The normalized spacial score (nSPS) is 17.5. The van der Waals surface area contributed by atoms with Crippen LogP contribution >= 0.6 is 0 Å². The van der Waals surface area contributed by atoms with Crippen molar-refractivity contribution in [2.45, 2.75) is 13.1 Å². The van der Waals surface area contributed by atoms with Gasteiger partial charge in [0.15, 0.2) is 0 Å². The predicted octanol–water partition coefficient (Wildman–Crippen LogP) is -1.56. The van der Waals surface area contributed by atoms with E-state index in [1.54, 1.807) is 24.3 Å².